The van der Waals surface area contributed by atoms with E-state index in [0.717, 1.165) is 16.7 Å². The van der Waals surface area contributed by atoms with E-state index in [1.807, 2.05) is 43.3 Å². The summed E-state index contributed by atoms with van der Waals surface area (Å²) < 4.78 is 10.5. The topological polar surface area (TPSA) is 59.0 Å². The van der Waals surface area contributed by atoms with Crippen molar-refractivity contribution in [3.05, 3.63) is 59.2 Å². The van der Waals surface area contributed by atoms with Gasteiger partial charge in [-0.1, -0.05) is 30.3 Å². The highest BCUT2D eigenvalue weighted by atomic mass is 16.5. The molecular weight excluding hydrogens is 330 g/mol. The maximum atomic E-state index is 12.7. The highest BCUT2D eigenvalue weighted by molar-refractivity contribution is 5.79. The summed E-state index contributed by atoms with van der Waals surface area (Å²) in [6.45, 7) is 2.86. The third kappa shape index (κ3) is 3.53. The SMILES string of the molecule is COc1ccc(CC(=O)N2CC[C@@](O)(c3ccccc3C)C2)cc1OC. The Balaban J connectivity index is 1.71. The van der Waals surface area contributed by atoms with Gasteiger partial charge in [0.05, 0.1) is 27.2 Å². The molecule has 0 bridgehead atoms. The van der Waals surface area contributed by atoms with E-state index in [1.165, 1.54) is 0 Å². The number of hydrogen-bond donors (Lipinski definition) is 1. The fourth-order valence-corrected chi connectivity index (χ4v) is 3.60. The molecule has 1 aliphatic rings. The fraction of sp³-hybridized carbons (Fsp3) is 0.381. The zero-order valence-electron chi connectivity index (χ0n) is 15.5. The first-order chi connectivity index (χ1) is 12.5. The van der Waals surface area contributed by atoms with Gasteiger partial charge in [-0.25, -0.2) is 0 Å². The summed E-state index contributed by atoms with van der Waals surface area (Å²) in [5, 5.41) is 11.0. The Kier molecular flexibility index (Phi) is 5.18. The fourth-order valence-electron chi connectivity index (χ4n) is 3.60. The van der Waals surface area contributed by atoms with Gasteiger partial charge in [0, 0.05) is 6.54 Å². The molecule has 5 nitrogen and oxygen atoms in total. The largest absolute Gasteiger partial charge is 0.493 e. The third-order valence-electron chi connectivity index (χ3n) is 5.05. The van der Waals surface area contributed by atoms with Crippen LogP contribution in [0.15, 0.2) is 42.5 Å². The molecule has 0 saturated carbocycles. The number of carbonyl (C=O) groups excluding carboxylic acids is 1. The van der Waals surface area contributed by atoms with Gasteiger partial charge in [-0.2, -0.15) is 0 Å². The van der Waals surface area contributed by atoms with Crippen molar-refractivity contribution in [1.82, 2.24) is 4.90 Å². The molecule has 3 rings (SSSR count). The Morgan fingerprint density at radius 2 is 1.88 bits per heavy atom. The average molecular weight is 355 g/mol. The maximum Gasteiger partial charge on any atom is 0.227 e. The van der Waals surface area contributed by atoms with E-state index >= 15 is 0 Å². The standard InChI is InChI=1S/C21H25NO4/c1-15-6-4-5-7-17(15)21(24)10-11-22(14-21)20(23)13-16-8-9-18(25-2)19(12-16)26-3/h4-9,12,24H,10-11,13-14H2,1-3H3/t21-/m0/s1. The van der Waals surface area contributed by atoms with Gasteiger partial charge in [0.1, 0.15) is 5.60 Å². The lowest BCUT2D eigenvalue weighted by Crippen LogP contribution is -2.35. The molecule has 1 saturated heterocycles. The molecule has 1 atom stereocenters. The number of aryl methyl sites for hydroxylation is 1. The maximum absolute atomic E-state index is 12.7. The molecule has 0 spiro atoms. The van der Waals surface area contributed by atoms with Crippen LogP contribution in [-0.2, 0) is 16.8 Å². The van der Waals surface area contributed by atoms with Crippen molar-refractivity contribution in [1.29, 1.82) is 0 Å². The average Bonchev–Trinajstić information content (AvgIpc) is 3.05. The van der Waals surface area contributed by atoms with E-state index in [-0.39, 0.29) is 12.3 Å². The molecule has 0 radical (unpaired) electrons. The van der Waals surface area contributed by atoms with Gasteiger partial charge in [-0.05, 0) is 42.2 Å². The van der Waals surface area contributed by atoms with Gasteiger partial charge in [-0.3, -0.25) is 4.79 Å². The van der Waals surface area contributed by atoms with Crippen LogP contribution in [0, 0.1) is 6.92 Å². The smallest absolute Gasteiger partial charge is 0.227 e. The molecule has 1 aliphatic heterocycles. The lowest BCUT2D eigenvalue weighted by molar-refractivity contribution is -0.130. The van der Waals surface area contributed by atoms with Crippen LogP contribution in [0.3, 0.4) is 0 Å². The minimum Gasteiger partial charge on any atom is -0.493 e. The van der Waals surface area contributed by atoms with Gasteiger partial charge in [-0.15, -0.1) is 0 Å². The van der Waals surface area contributed by atoms with Crippen LogP contribution in [0.1, 0.15) is 23.1 Å². The van der Waals surface area contributed by atoms with Gasteiger partial charge in [0.2, 0.25) is 5.91 Å². The number of methoxy groups -OCH3 is 2. The molecule has 2 aromatic carbocycles. The Hall–Kier alpha value is -2.53. The van der Waals surface area contributed by atoms with E-state index in [0.29, 0.717) is 31.0 Å². The third-order valence-corrected chi connectivity index (χ3v) is 5.05. The second-order valence-electron chi connectivity index (χ2n) is 6.78. The number of benzene rings is 2. The minimum absolute atomic E-state index is 0.00160. The molecule has 1 fully saturated rings. The number of β-amino-alcohol motifs (C(OH)–C–C–N with tert-alkyl or cyclic N) is 1. The van der Waals surface area contributed by atoms with Crippen molar-refractivity contribution >= 4 is 5.91 Å². The van der Waals surface area contributed by atoms with E-state index in [1.54, 1.807) is 25.2 Å². The van der Waals surface area contributed by atoms with Crippen molar-refractivity contribution in [3.8, 4) is 11.5 Å². The minimum atomic E-state index is -0.974. The Labute approximate surface area is 154 Å². The quantitative estimate of drug-likeness (QED) is 0.896. The Morgan fingerprint density at radius 1 is 1.15 bits per heavy atom. The first kappa shape index (κ1) is 18.3. The van der Waals surface area contributed by atoms with E-state index in [9.17, 15) is 9.90 Å². The second-order valence-corrected chi connectivity index (χ2v) is 6.78. The number of likely N-dealkylation sites (tertiary alicyclic amines) is 1. The molecule has 2 aromatic rings. The van der Waals surface area contributed by atoms with Crippen molar-refractivity contribution in [2.45, 2.75) is 25.4 Å². The summed E-state index contributed by atoms with van der Waals surface area (Å²) in [4.78, 5) is 14.5. The monoisotopic (exact) mass is 355 g/mol. The normalized spacial score (nSPS) is 19.5. The summed E-state index contributed by atoms with van der Waals surface area (Å²) in [5.74, 6) is 1.25. The molecule has 1 heterocycles. The van der Waals surface area contributed by atoms with Gasteiger partial charge < -0.3 is 19.5 Å². The van der Waals surface area contributed by atoms with E-state index in [2.05, 4.69) is 0 Å². The summed E-state index contributed by atoms with van der Waals surface area (Å²) in [5.41, 5.74) is 1.84. The van der Waals surface area contributed by atoms with Gasteiger partial charge in [0.15, 0.2) is 11.5 Å². The van der Waals surface area contributed by atoms with Crippen LogP contribution in [0.25, 0.3) is 0 Å². The number of carbonyl (C=O) groups is 1. The van der Waals surface area contributed by atoms with E-state index in [4.69, 9.17) is 9.47 Å². The second kappa shape index (κ2) is 7.38. The van der Waals surface area contributed by atoms with Crippen LogP contribution in [0.2, 0.25) is 0 Å². The van der Waals surface area contributed by atoms with Crippen molar-refractivity contribution in [2.75, 3.05) is 27.3 Å². The molecule has 1 amide bonds. The zero-order chi connectivity index (χ0) is 18.7. The number of rotatable bonds is 5. The molecule has 138 valence electrons. The lowest BCUT2D eigenvalue weighted by Gasteiger charge is -2.25. The first-order valence-corrected chi connectivity index (χ1v) is 8.74. The van der Waals surface area contributed by atoms with Crippen LogP contribution in [-0.4, -0.2) is 43.2 Å². The highest BCUT2D eigenvalue weighted by Crippen LogP contribution is 2.34. The van der Waals surface area contributed by atoms with E-state index < -0.39 is 5.60 Å². The van der Waals surface area contributed by atoms with Crippen molar-refractivity contribution in [3.63, 3.8) is 0 Å². The molecule has 1 N–H and O–H groups in total. The summed E-state index contributed by atoms with van der Waals surface area (Å²) in [7, 11) is 3.16. The molecule has 0 unspecified atom stereocenters. The Bertz CT molecular complexity index is 804. The van der Waals surface area contributed by atoms with Crippen LogP contribution in [0.4, 0.5) is 0 Å². The predicted molar refractivity (Wildman–Crippen MR) is 99.5 cm³/mol. The zero-order valence-corrected chi connectivity index (χ0v) is 15.5. The predicted octanol–water partition coefficient (Wildman–Crippen LogP) is 2.67. The molecular formula is C21H25NO4. The summed E-state index contributed by atoms with van der Waals surface area (Å²) >= 11 is 0. The first-order valence-electron chi connectivity index (χ1n) is 8.74. The van der Waals surface area contributed by atoms with Crippen molar-refractivity contribution in [2.24, 2.45) is 0 Å². The number of amides is 1. The number of nitrogens with zero attached hydrogens (tertiary/aromatic N) is 1. The number of hydrogen-bond acceptors (Lipinski definition) is 4. The highest BCUT2D eigenvalue weighted by Gasteiger charge is 2.40. The number of ether oxygens (including phenoxy) is 2. The van der Waals surface area contributed by atoms with Crippen molar-refractivity contribution < 1.29 is 19.4 Å². The molecule has 0 aromatic heterocycles. The molecule has 0 aliphatic carbocycles. The summed E-state index contributed by atoms with van der Waals surface area (Å²) in [6.07, 6.45) is 0.819. The number of aliphatic hydroxyl groups is 1. The lowest BCUT2D eigenvalue weighted by atomic mass is 9.89. The summed E-state index contributed by atoms with van der Waals surface area (Å²) in [6, 6.07) is 13.3. The molecule has 5 heteroatoms. The molecule has 26 heavy (non-hydrogen) atoms. The Morgan fingerprint density at radius 3 is 2.58 bits per heavy atom. The van der Waals surface area contributed by atoms with Gasteiger partial charge >= 0.3 is 0 Å². The van der Waals surface area contributed by atoms with Crippen LogP contribution < -0.4 is 9.47 Å². The van der Waals surface area contributed by atoms with Crippen LogP contribution >= 0.6 is 0 Å². The van der Waals surface area contributed by atoms with Gasteiger partial charge in [0.25, 0.3) is 0 Å². The van der Waals surface area contributed by atoms with Crippen LogP contribution in [0.5, 0.6) is 11.5 Å².